The summed E-state index contributed by atoms with van der Waals surface area (Å²) in [7, 11) is -3.70. The highest BCUT2D eigenvalue weighted by Gasteiger charge is 2.21. The molecule has 0 radical (unpaired) electrons. The molecule has 0 saturated carbocycles. The first kappa shape index (κ1) is 17.9. The molecule has 8 heteroatoms. The minimum atomic E-state index is -3.70. The third-order valence-electron chi connectivity index (χ3n) is 3.18. The minimum Gasteiger partial charge on any atom is -0.324 e. The van der Waals surface area contributed by atoms with Crippen LogP contribution in [0.2, 0.25) is 0 Å². The van der Waals surface area contributed by atoms with E-state index in [4.69, 9.17) is 0 Å². The number of rotatable bonds is 5. The number of hydrogen-bond donors (Lipinski definition) is 1. The van der Waals surface area contributed by atoms with E-state index >= 15 is 0 Å². The second-order valence-electron chi connectivity index (χ2n) is 5.29. The summed E-state index contributed by atoms with van der Waals surface area (Å²) < 4.78 is 50.9. The van der Waals surface area contributed by atoms with Crippen molar-refractivity contribution in [1.82, 2.24) is 0 Å². The monoisotopic (exact) mass is 354 g/mol. The lowest BCUT2D eigenvalue weighted by Crippen LogP contribution is -2.37. The van der Waals surface area contributed by atoms with Gasteiger partial charge < -0.3 is 5.32 Å². The van der Waals surface area contributed by atoms with Crippen molar-refractivity contribution in [3.05, 3.63) is 59.7 Å². The number of carbonyl (C=O) groups excluding carboxylic acids is 1. The van der Waals surface area contributed by atoms with E-state index in [9.17, 15) is 22.0 Å². The molecule has 0 aromatic heterocycles. The Morgan fingerprint density at radius 3 is 2.42 bits per heavy atom. The zero-order valence-corrected chi connectivity index (χ0v) is 13.9. The van der Waals surface area contributed by atoms with Gasteiger partial charge in [-0.2, -0.15) is 0 Å². The van der Waals surface area contributed by atoms with E-state index in [1.54, 1.807) is 31.2 Å². The van der Waals surface area contributed by atoms with Crippen molar-refractivity contribution in [1.29, 1.82) is 0 Å². The van der Waals surface area contributed by atoms with Gasteiger partial charge in [-0.15, -0.1) is 0 Å². The molecular formula is C16H16F2N2O3S. The number of halogens is 2. The molecule has 24 heavy (non-hydrogen) atoms. The normalized spacial score (nSPS) is 11.2. The summed E-state index contributed by atoms with van der Waals surface area (Å²) in [5.74, 6) is -2.81. The molecule has 0 spiro atoms. The van der Waals surface area contributed by atoms with Crippen LogP contribution >= 0.6 is 0 Å². The molecule has 128 valence electrons. The van der Waals surface area contributed by atoms with Crippen LogP contribution in [-0.4, -0.2) is 27.1 Å². The third kappa shape index (κ3) is 4.51. The topological polar surface area (TPSA) is 66.5 Å². The van der Waals surface area contributed by atoms with Gasteiger partial charge in [-0.05, 0) is 36.8 Å². The molecule has 0 aliphatic heterocycles. The lowest BCUT2D eigenvalue weighted by atomic mass is 10.2. The Bertz CT molecular complexity index is 869. The quantitative estimate of drug-likeness (QED) is 0.898. The lowest BCUT2D eigenvalue weighted by Gasteiger charge is -2.22. The van der Waals surface area contributed by atoms with Gasteiger partial charge in [0.05, 0.1) is 11.9 Å². The second-order valence-corrected chi connectivity index (χ2v) is 7.19. The van der Waals surface area contributed by atoms with E-state index in [0.29, 0.717) is 5.69 Å². The minimum absolute atomic E-state index is 0.0385. The molecule has 0 bridgehead atoms. The van der Waals surface area contributed by atoms with Crippen molar-refractivity contribution in [2.45, 2.75) is 6.92 Å². The van der Waals surface area contributed by atoms with Crippen LogP contribution in [0, 0.1) is 18.6 Å². The van der Waals surface area contributed by atoms with Crippen LogP contribution < -0.4 is 9.62 Å². The molecule has 0 aliphatic rings. The van der Waals surface area contributed by atoms with Crippen molar-refractivity contribution < 1.29 is 22.0 Å². The molecule has 0 heterocycles. The van der Waals surface area contributed by atoms with Crippen molar-refractivity contribution >= 4 is 27.3 Å². The van der Waals surface area contributed by atoms with Crippen LogP contribution in [0.25, 0.3) is 0 Å². The zero-order valence-electron chi connectivity index (χ0n) is 13.1. The number of nitrogens with one attached hydrogen (secondary N) is 1. The number of anilines is 2. The Morgan fingerprint density at radius 1 is 1.12 bits per heavy atom. The van der Waals surface area contributed by atoms with Crippen molar-refractivity contribution in [3.8, 4) is 0 Å². The first-order valence-corrected chi connectivity index (χ1v) is 8.81. The van der Waals surface area contributed by atoms with E-state index in [0.717, 1.165) is 28.3 Å². The Balaban J connectivity index is 2.20. The van der Waals surface area contributed by atoms with Crippen LogP contribution in [0.4, 0.5) is 20.2 Å². The maximum atomic E-state index is 13.2. The largest absolute Gasteiger partial charge is 0.324 e. The molecule has 1 N–H and O–H groups in total. The van der Waals surface area contributed by atoms with E-state index in [1.807, 2.05) is 0 Å². The van der Waals surface area contributed by atoms with Gasteiger partial charge >= 0.3 is 0 Å². The molecule has 0 atom stereocenters. The molecule has 0 saturated heterocycles. The van der Waals surface area contributed by atoms with Gasteiger partial charge in [0.25, 0.3) is 0 Å². The summed E-state index contributed by atoms with van der Waals surface area (Å²) in [4.78, 5) is 12.1. The fourth-order valence-corrected chi connectivity index (χ4v) is 2.94. The van der Waals surface area contributed by atoms with Gasteiger partial charge in [0.2, 0.25) is 15.9 Å². The Morgan fingerprint density at radius 2 is 1.83 bits per heavy atom. The van der Waals surface area contributed by atoms with Gasteiger partial charge in [-0.25, -0.2) is 17.2 Å². The van der Waals surface area contributed by atoms with E-state index < -0.39 is 34.1 Å². The number of nitrogens with zero attached hydrogens (tertiary/aromatic N) is 1. The number of hydrogen-bond acceptors (Lipinski definition) is 3. The smallest absolute Gasteiger partial charge is 0.245 e. The van der Waals surface area contributed by atoms with Gasteiger partial charge in [0.15, 0.2) is 11.6 Å². The van der Waals surface area contributed by atoms with Gasteiger partial charge in [0, 0.05) is 11.8 Å². The highest BCUT2D eigenvalue weighted by molar-refractivity contribution is 7.92. The molecule has 0 unspecified atom stereocenters. The molecule has 2 aromatic carbocycles. The van der Waals surface area contributed by atoms with Crippen molar-refractivity contribution in [2.24, 2.45) is 0 Å². The maximum Gasteiger partial charge on any atom is 0.245 e. The SMILES string of the molecule is Cc1cccc(N(CC(=O)Nc2ccc(F)c(F)c2)S(C)(=O)=O)c1. The van der Waals surface area contributed by atoms with Gasteiger partial charge in [-0.1, -0.05) is 12.1 Å². The fourth-order valence-electron chi connectivity index (χ4n) is 2.09. The standard InChI is InChI=1S/C16H16F2N2O3S/c1-11-4-3-5-13(8-11)20(24(2,22)23)10-16(21)19-12-6-7-14(17)15(18)9-12/h3-9H,10H2,1-2H3,(H,19,21). The first-order valence-electron chi connectivity index (χ1n) is 6.96. The number of aryl methyl sites for hydroxylation is 1. The second kappa shape index (κ2) is 6.96. The fraction of sp³-hybridized carbons (Fsp3) is 0.188. The predicted octanol–water partition coefficient (Wildman–Crippen LogP) is 2.68. The summed E-state index contributed by atoms with van der Waals surface area (Å²) in [5, 5.41) is 2.35. The van der Waals surface area contributed by atoms with Crippen LogP contribution in [0.1, 0.15) is 5.56 Å². The van der Waals surface area contributed by atoms with Crippen LogP contribution in [0.3, 0.4) is 0 Å². The highest BCUT2D eigenvalue weighted by atomic mass is 32.2. The molecule has 2 aromatic rings. The van der Waals surface area contributed by atoms with E-state index in [-0.39, 0.29) is 5.69 Å². The molecule has 0 aliphatic carbocycles. The van der Waals surface area contributed by atoms with E-state index in [1.165, 1.54) is 6.07 Å². The Hall–Kier alpha value is -2.48. The first-order chi connectivity index (χ1) is 11.2. The van der Waals surface area contributed by atoms with Crippen LogP contribution in [0.5, 0.6) is 0 Å². The van der Waals surface area contributed by atoms with Crippen LogP contribution in [-0.2, 0) is 14.8 Å². The summed E-state index contributed by atoms with van der Waals surface area (Å²) in [6.45, 7) is 1.31. The maximum absolute atomic E-state index is 13.2. The average Bonchev–Trinajstić information content (AvgIpc) is 2.47. The highest BCUT2D eigenvalue weighted by Crippen LogP contribution is 2.19. The molecular weight excluding hydrogens is 338 g/mol. The predicted molar refractivity (Wildman–Crippen MR) is 88.4 cm³/mol. The Kier molecular flexibility index (Phi) is 5.18. The molecule has 0 fully saturated rings. The van der Waals surface area contributed by atoms with Gasteiger partial charge in [0.1, 0.15) is 6.54 Å². The molecule has 2 rings (SSSR count). The van der Waals surface area contributed by atoms with Crippen molar-refractivity contribution in [2.75, 3.05) is 22.4 Å². The number of amides is 1. The molecule has 5 nitrogen and oxygen atoms in total. The average molecular weight is 354 g/mol. The third-order valence-corrected chi connectivity index (χ3v) is 4.32. The van der Waals surface area contributed by atoms with Crippen molar-refractivity contribution in [3.63, 3.8) is 0 Å². The summed E-state index contributed by atoms with van der Waals surface area (Å²) in [5.41, 5.74) is 1.22. The number of carbonyl (C=O) groups is 1. The lowest BCUT2D eigenvalue weighted by molar-refractivity contribution is -0.114. The zero-order chi connectivity index (χ0) is 17.9. The Labute approximate surface area is 139 Å². The summed E-state index contributed by atoms with van der Waals surface area (Å²) in [6, 6.07) is 9.56. The van der Waals surface area contributed by atoms with E-state index in [2.05, 4.69) is 5.32 Å². The summed E-state index contributed by atoms with van der Waals surface area (Å²) in [6.07, 6.45) is 0.986. The number of sulfonamides is 1. The van der Waals surface area contributed by atoms with Crippen LogP contribution in [0.15, 0.2) is 42.5 Å². The number of benzene rings is 2. The molecule has 1 amide bonds. The summed E-state index contributed by atoms with van der Waals surface area (Å²) >= 11 is 0. The van der Waals surface area contributed by atoms with Gasteiger partial charge in [-0.3, -0.25) is 9.10 Å².